The second kappa shape index (κ2) is 10.4. The number of hydrogen-bond donors (Lipinski definition) is 2. The molecule has 2 amide bonds. The van der Waals surface area contributed by atoms with Gasteiger partial charge in [-0.2, -0.15) is 0 Å². The molecule has 26 heavy (non-hydrogen) atoms. The fourth-order valence-electron chi connectivity index (χ4n) is 2.74. The van der Waals surface area contributed by atoms with Gasteiger partial charge in [-0.15, -0.1) is 0 Å². The van der Waals surface area contributed by atoms with E-state index in [0.29, 0.717) is 25.8 Å². The van der Waals surface area contributed by atoms with Gasteiger partial charge in [0.2, 0.25) is 5.91 Å². The first-order valence-electron chi connectivity index (χ1n) is 8.92. The van der Waals surface area contributed by atoms with Crippen LogP contribution < -0.4 is 10.6 Å². The smallest absolute Gasteiger partial charge is 0.407 e. The van der Waals surface area contributed by atoms with E-state index >= 15 is 0 Å². The molecule has 1 aromatic carbocycles. The van der Waals surface area contributed by atoms with E-state index in [1.807, 2.05) is 30.3 Å². The highest BCUT2D eigenvalue weighted by molar-refractivity contribution is 5.81. The fourth-order valence-corrected chi connectivity index (χ4v) is 2.74. The summed E-state index contributed by atoms with van der Waals surface area (Å²) in [7, 11) is 1.36. The molecule has 1 aliphatic rings. The second-order valence-corrected chi connectivity index (χ2v) is 6.32. The van der Waals surface area contributed by atoms with Crippen molar-refractivity contribution < 1.29 is 23.9 Å². The van der Waals surface area contributed by atoms with Crippen LogP contribution in [0.15, 0.2) is 30.3 Å². The van der Waals surface area contributed by atoms with Gasteiger partial charge in [0.25, 0.3) is 0 Å². The lowest BCUT2D eigenvalue weighted by Crippen LogP contribution is -2.53. The Bertz CT molecular complexity index is 605. The Balaban J connectivity index is 1.61. The molecule has 1 aromatic rings. The third kappa shape index (κ3) is 6.38. The number of carbonyl (C=O) groups is 3. The Kier molecular flexibility index (Phi) is 7.92. The molecule has 0 bridgehead atoms. The highest BCUT2D eigenvalue weighted by Gasteiger charge is 2.37. The number of rotatable bonds is 9. The highest BCUT2D eigenvalue weighted by atomic mass is 16.5. The third-order valence-electron chi connectivity index (χ3n) is 4.46. The summed E-state index contributed by atoms with van der Waals surface area (Å²) in [6.45, 7) is 0.716. The number of hydrogen-bond acceptors (Lipinski definition) is 5. The maximum Gasteiger partial charge on any atom is 0.407 e. The predicted molar refractivity (Wildman–Crippen MR) is 95.2 cm³/mol. The molecule has 1 saturated carbocycles. The summed E-state index contributed by atoms with van der Waals surface area (Å²) in [5.74, 6) is -0.531. The highest BCUT2D eigenvalue weighted by Crippen LogP contribution is 2.27. The van der Waals surface area contributed by atoms with Crippen LogP contribution in [-0.2, 0) is 25.7 Å². The minimum atomic E-state index is -0.505. The lowest BCUT2D eigenvalue weighted by Gasteiger charge is -2.35. The minimum absolute atomic E-state index is 0.0670. The van der Waals surface area contributed by atoms with Crippen molar-refractivity contribution in [2.75, 3.05) is 13.7 Å². The molecule has 0 saturated heterocycles. The zero-order valence-electron chi connectivity index (χ0n) is 15.0. The lowest BCUT2D eigenvalue weighted by molar-refractivity contribution is -0.140. The zero-order chi connectivity index (χ0) is 18.8. The predicted octanol–water partition coefficient (Wildman–Crippen LogP) is 2.15. The first-order chi connectivity index (χ1) is 12.6. The lowest BCUT2D eigenvalue weighted by atomic mass is 9.79. The van der Waals surface area contributed by atoms with E-state index in [4.69, 9.17) is 4.74 Å². The van der Waals surface area contributed by atoms with E-state index in [-0.39, 0.29) is 30.4 Å². The van der Waals surface area contributed by atoms with Crippen LogP contribution in [0.25, 0.3) is 0 Å². The van der Waals surface area contributed by atoms with Gasteiger partial charge in [-0.25, -0.2) is 4.79 Å². The van der Waals surface area contributed by atoms with Gasteiger partial charge in [0.1, 0.15) is 6.61 Å². The van der Waals surface area contributed by atoms with Crippen molar-refractivity contribution in [1.29, 1.82) is 0 Å². The van der Waals surface area contributed by atoms with Gasteiger partial charge in [0.05, 0.1) is 13.0 Å². The number of benzene rings is 1. The number of carbonyl (C=O) groups excluding carboxylic acids is 3. The zero-order valence-corrected chi connectivity index (χ0v) is 15.0. The Morgan fingerprint density at radius 2 is 1.88 bits per heavy atom. The van der Waals surface area contributed by atoms with E-state index in [9.17, 15) is 14.4 Å². The molecule has 0 radical (unpaired) electrons. The average Bonchev–Trinajstić information content (AvgIpc) is 2.63. The fraction of sp³-hybridized carbons (Fsp3) is 0.526. The Hall–Kier alpha value is -2.57. The number of ether oxygens (including phenoxy) is 2. The molecule has 7 heteroatoms. The van der Waals surface area contributed by atoms with Gasteiger partial charge >= 0.3 is 12.1 Å². The number of unbranched alkanes of at least 4 members (excludes halogenated alkanes) is 1. The topological polar surface area (TPSA) is 93.7 Å². The molecule has 142 valence electrons. The van der Waals surface area contributed by atoms with E-state index in [1.165, 1.54) is 7.11 Å². The van der Waals surface area contributed by atoms with Gasteiger partial charge in [-0.1, -0.05) is 30.3 Å². The van der Waals surface area contributed by atoms with Gasteiger partial charge in [0.15, 0.2) is 0 Å². The molecule has 0 heterocycles. The summed E-state index contributed by atoms with van der Waals surface area (Å²) < 4.78 is 9.75. The first kappa shape index (κ1) is 19.8. The summed E-state index contributed by atoms with van der Waals surface area (Å²) >= 11 is 0. The van der Waals surface area contributed by atoms with Crippen LogP contribution in [0.4, 0.5) is 4.79 Å². The standard InChI is InChI=1S/C19H26N2O5/c1-25-17(22)9-5-6-12-20-18(23)15-10-11-16(15)21-19(24)26-13-14-7-3-2-4-8-14/h2-4,7-8,15-16H,5-6,9-13H2,1H3,(H,20,23)(H,21,24)/t15-,16+/m1/s1. The molecule has 1 aliphatic carbocycles. The summed E-state index contributed by atoms with van der Waals surface area (Å²) in [5.41, 5.74) is 0.914. The number of esters is 1. The molecule has 0 aromatic heterocycles. The minimum Gasteiger partial charge on any atom is -0.469 e. The van der Waals surface area contributed by atoms with Crippen LogP contribution in [0, 0.1) is 5.92 Å². The number of amides is 2. The summed E-state index contributed by atoms with van der Waals surface area (Å²) in [5, 5.41) is 5.61. The van der Waals surface area contributed by atoms with E-state index in [2.05, 4.69) is 15.4 Å². The Morgan fingerprint density at radius 3 is 2.54 bits per heavy atom. The van der Waals surface area contributed by atoms with E-state index in [0.717, 1.165) is 18.4 Å². The van der Waals surface area contributed by atoms with Crippen molar-refractivity contribution in [3.8, 4) is 0 Å². The maximum absolute atomic E-state index is 12.2. The molecule has 2 rings (SSSR count). The molecular weight excluding hydrogens is 336 g/mol. The van der Waals surface area contributed by atoms with Crippen molar-refractivity contribution >= 4 is 18.0 Å². The van der Waals surface area contributed by atoms with Crippen LogP contribution in [0.5, 0.6) is 0 Å². The van der Waals surface area contributed by atoms with Crippen LogP contribution in [0.1, 0.15) is 37.7 Å². The van der Waals surface area contributed by atoms with Crippen molar-refractivity contribution in [2.45, 2.75) is 44.8 Å². The number of nitrogens with one attached hydrogen (secondary N) is 2. The molecule has 2 N–H and O–H groups in total. The van der Waals surface area contributed by atoms with E-state index < -0.39 is 6.09 Å². The third-order valence-corrected chi connectivity index (χ3v) is 4.46. The van der Waals surface area contributed by atoms with Crippen molar-refractivity contribution in [3.63, 3.8) is 0 Å². The number of alkyl carbamates (subject to hydrolysis) is 1. The van der Waals surface area contributed by atoms with Crippen molar-refractivity contribution in [2.24, 2.45) is 5.92 Å². The van der Waals surface area contributed by atoms with Crippen LogP contribution in [-0.4, -0.2) is 37.7 Å². The average molecular weight is 362 g/mol. The molecule has 0 aliphatic heterocycles. The van der Waals surface area contributed by atoms with Crippen LogP contribution in [0.2, 0.25) is 0 Å². The van der Waals surface area contributed by atoms with Gasteiger partial charge in [-0.3, -0.25) is 9.59 Å². The quantitative estimate of drug-likeness (QED) is 0.519. The summed E-state index contributed by atoms with van der Waals surface area (Å²) in [6, 6.07) is 9.24. The SMILES string of the molecule is COC(=O)CCCCNC(=O)[C@@H]1CC[C@@H]1NC(=O)OCc1ccccc1. The van der Waals surface area contributed by atoms with Gasteiger partial charge in [-0.05, 0) is 31.2 Å². The van der Waals surface area contributed by atoms with Crippen LogP contribution >= 0.6 is 0 Å². The van der Waals surface area contributed by atoms with Gasteiger partial charge < -0.3 is 20.1 Å². The summed E-state index contributed by atoms with van der Waals surface area (Å²) in [6.07, 6.45) is 2.75. The second-order valence-electron chi connectivity index (χ2n) is 6.32. The first-order valence-corrected chi connectivity index (χ1v) is 8.92. The number of methoxy groups -OCH3 is 1. The molecule has 0 spiro atoms. The maximum atomic E-state index is 12.2. The van der Waals surface area contributed by atoms with Crippen molar-refractivity contribution in [3.05, 3.63) is 35.9 Å². The Labute approximate surface area is 153 Å². The molecule has 0 unspecified atom stereocenters. The molecule has 2 atom stereocenters. The largest absolute Gasteiger partial charge is 0.469 e. The van der Waals surface area contributed by atoms with Crippen LogP contribution in [0.3, 0.4) is 0 Å². The molecular formula is C19H26N2O5. The monoisotopic (exact) mass is 362 g/mol. The molecule has 1 fully saturated rings. The summed E-state index contributed by atoms with van der Waals surface area (Å²) in [4.78, 5) is 35.0. The van der Waals surface area contributed by atoms with Crippen molar-refractivity contribution in [1.82, 2.24) is 10.6 Å². The molecule has 7 nitrogen and oxygen atoms in total. The Morgan fingerprint density at radius 1 is 1.12 bits per heavy atom. The normalized spacial score (nSPS) is 18.3. The van der Waals surface area contributed by atoms with E-state index in [1.54, 1.807) is 0 Å². The van der Waals surface area contributed by atoms with Gasteiger partial charge in [0, 0.05) is 19.0 Å².